The first-order valence-electron chi connectivity index (χ1n) is 5.82. The molecule has 0 aromatic carbocycles. The Morgan fingerprint density at radius 3 is 1.83 bits per heavy atom. The first-order valence-corrected chi connectivity index (χ1v) is 5.82. The maximum Gasteiger partial charge on any atom is 0.196 e. The Morgan fingerprint density at radius 2 is 1.44 bits per heavy atom. The third-order valence-electron chi connectivity index (χ3n) is 2.71. The molecular formula is C15H16N2O. The maximum atomic E-state index is 12.2. The summed E-state index contributed by atoms with van der Waals surface area (Å²) in [5, 5.41) is 0. The average Bonchev–Trinajstić information content (AvgIpc) is 2.98. The van der Waals surface area contributed by atoms with E-state index in [4.69, 9.17) is 0 Å². The first kappa shape index (κ1) is 12.2. The Hall–Kier alpha value is -2.29. The molecule has 0 amide bonds. The monoisotopic (exact) mass is 240 g/mol. The summed E-state index contributed by atoms with van der Waals surface area (Å²) in [4.78, 5) is 12.2. The number of rotatable bonds is 6. The van der Waals surface area contributed by atoms with Crippen LogP contribution in [0.5, 0.6) is 0 Å². The SMILES string of the molecule is C=CCn1ccc(C(=O)c2ccn(CC=C)c2)c1. The zero-order chi connectivity index (χ0) is 13.0. The summed E-state index contributed by atoms with van der Waals surface area (Å²) in [6.07, 6.45) is 11.1. The van der Waals surface area contributed by atoms with Gasteiger partial charge < -0.3 is 9.13 Å². The largest absolute Gasteiger partial charge is 0.350 e. The quantitative estimate of drug-likeness (QED) is 0.563. The van der Waals surface area contributed by atoms with E-state index in [1.165, 1.54) is 0 Å². The van der Waals surface area contributed by atoms with Crippen molar-refractivity contribution in [1.29, 1.82) is 0 Å². The van der Waals surface area contributed by atoms with Gasteiger partial charge in [-0.15, -0.1) is 13.2 Å². The molecule has 0 unspecified atom stereocenters. The van der Waals surface area contributed by atoms with Crippen LogP contribution in [0.15, 0.2) is 62.2 Å². The number of carbonyl (C=O) groups is 1. The van der Waals surface area contributed by atoms with Crippen LogP contribution >= 0.6 is 0 Å². The number of nitrogens with zero attached hydrogens (tertiary/aromatic N) is 2. The number of carbonyl (C=O) groups excluding carboxylic acids is 1. The lowest BCUT2D eigenvalue weighted by Crippen LogP contribution is -1.99. The summed E-state index contributed by atoms with van der Waals surface area (Å²) in [7, 11) is 0. The number of aromatic nitrogens is 2. The van der Waals surface area contributed by atoms with Gasteiger partial charge in [0.2, 0.25) is 0 Å². The fourth-order valence-corrected chi connectivity index (χ4v) is 1.84. The van der Waals surface area contributed by atoms with Gasteiger partial charge in [-0.3, -0.25) is 4.79 Å². The molecule has 3 nitrogen and oxygen atoms in total. The minimum Gasteiger partial charge on any atom is -0.350 e. The molecule has 0 spiro atoms. The summed E-state index contributed by atoms with van der Waals surface area (Å²) >= 11 is 0. The van der Waals surface area contributed by atoms with Crippen molar-refractivity contribution in [2.24, 2.45) is 0 Å². The molecule has 0 bridgehead atoms. The molecule has 2 heterocycles. The second-order valence-electron chi connectivity index (χ2n) is 4.10. The van der Waals surface area contributed by atoms with Gasteiger partial charge in [0.15, 0.2) is 5.78 Å². The van der Waals surface area contributed by atoms with Crippen LogP contribution in [-0.2, 0) is 13.1 Å². The smallest absolute Gasteiger partial charge is 0.196 e. The Labute approximate surface area is 107 Å². The van der Waals surface area contributed by atoms with Crippen LogP contribution in [0.1, 0.15) is 15.9 Å². The standard InChI is InChI=1S/C15H16N2O/c1-3-7-16-9-5-13(11-16)15(18)14-6-10-17(12-14)8-4-2/h3-6,9-12H,1-2,7-8H2. The Bertz CT molecular complexity index is 525. The van der Waals surface area contributed by atoms with E-state index in [9.17, 15) is 4.79 Å². The number of hydrogen-bond acceptors (Lipinski definition) is 1. The lowest BCUT2D eigenvalue weighted by atomic mass is 10.1. The van der Waals surface area contributed by atoms with Crippen molar-refractivity contribution < 1.29 is 4.79 Å². The van der Waals surface area contributed by atoms with Crippen LogP contribution in [0.4, 0.5) is 0 Å². The van der Waals surface area contributed by atoms with E-state index < -0.39 is 0 Å². The van der Waals surface area contributed by atoms with E-state index >= 15 is 0 Å². The molecule has 0 aliphatic rings. The highest BCUT2D eigenvalue weighted by Gasteiger charge is 2.11. The van der Waals surface area contributed by atoms with Gasteiger partial charge in [0, 0.05) is 49.0 Å². The summed E-state index contributed by atoms with van der Waals surface area (Å²) in [6.45, 7) is 8.77. The van der Waals surface area contributed by atoms with Crippen molar-refractivity contribution in [3.05, 3.63) is 73.4 Å². The Kier molecular flexibility index (Phi) is 3.63. The molecule has 2 aromatic heterocycles. The first-order chi connectivity index (χ1) is 8.74. The lowest BCUT2D eigenvalue weighted by Gasteiger charge is -1.96. The summed E-state index contributed by atoms with van der Waals surface area (Å²) in [6, 6.07) is 3.66. The number of allylic oxidation sites excluding steroid dienone is 2. The third kappa shape index (κ3) is 2.51. The minimum atomic E-state index is 0.0422. The van der Waals surface area contributed by atoms with Gasteiger partial charge in [-0.1, -0.05) is 12.2 Å². The molecule has 0 saturated heterocycles. The molecular weight excluding hydrogens is 224 g/mol. The molecule has 3 heteroatoms. The summed E-state index contributed by atoms with van der Waals surface area (Å²) < 4.78 is 3.86. The van der Waals surface area contributed by atoms with Crippen molar-refractivity contribution in [1.82, 2.24) is 9.13 Å². The highest BCUT2D eigenvalue weighted by molar-refractivity contribution is 6.08. The highest BCUT2D eigenvalue weighted by atomic mass is 16.1. The zero-order valence-corrected chi connectivity index (χ0v) is 10.2. The van der Waals surface area contributed by atoms with E-state index in [2.05, 4.69) is 13.2 Å². The molecule has 0 atom stereocenters. The van der Waals surface area contributed by atoms with E-state index in [1.807, 2.05) is 46.1 Å². The van der Waals surface area contributed by atoms with Gasteiger partial charge in [0.05, 0.1) is 0 Å². The van der Waals surface area contributed by atoms with Gasteiger partial charge in [-0.05, 0) is 12.1 Å². The average molecular weight is 240 g/mol. The second kappa shape index (κ2) is 5.36. The molecule has 0 fully saturated rings. The van der Waals surface area contributed by atoms with Gasteiger partial charge in [0.25, 0.3) is 0 Å². The van der Waals surface area contributed by atoms with E-state index in [0.29, 0.717) is 24.2 Å². The van der Waals surface area contributed by atoms with E-state index in [-0.39, 0.29) is 5.78 Å². The topological polar surface area (TPSA) is 26.9 Å². The molecule has 2 rings (SSSR count). The molecule has 18 heavy (non-hydrogen) atoms. The lowest BCUT2D eigenvalue weighted by molar-refractivity contribution is 0.103. The molecule has 0 N–H and O–H groups in total. The van der Waals surface area contributed by atoms with Crippen LogP contribution in [0.3, 0.4) is 0 Å². The van der Waals surface area contributed by atoms with Crippen LogP contribution in [0.2, 0.25) is 0 Å². The second-order valence-corrected chi connectivity index (χ2v) is 4.10. The molecule has 92 valence electrons. The van der Waals surface area contributed by atoms with E-state index in [0.717, 1.165) is 0 Å². The molecule has 0 saturated carbocycles. The molecule has 0 aliphatic heterocycles. The van der Waals surface area contributed by atoms with Crippen LogP contribution in [-0.4, -0.2) is 14.9 Å². The van der Waals surface area contributed by atoms with Crippen molar-refractivity contribution in [2.45, 2.75) is 13.1 Å². The summed E-state index contributed by atoms with van der Waals surface area (Å²) in [5.41, 5.74) is 1.40. The third-order valence-corrected chi connectivity index (χ3v) is 2.71. The fraction of sp³-hybridized carbons (Fsp3) is 0.133. The van der Waals surface area contributed by atoms with Gasteiger partial charge in [-0.25, -0.2) is 0 Å². The predicted octanol–water partition coefficient (Wildman–Crippen LogP) is 2.89. The van der Waals surface area contributed by atoms with Crippen LogP contribution in [0.25, 0.3) is 0 Å². The van der Waals surface area contributed by atoms with Crippen molar-refractivity contribution in [3.8, 4) is 0 Å². The number of hydrogen-bond donors (Lipinski definition) is 0. The van der Waals surface area contributed by atoms with Crippen molar-refractivity contribution in [3.63, 3.8) is 0 Å². The molecule has 0 radical (unpaired) electrons. The van der Waals surface area contributed by atoms with Gasteiger partial charge in [-0.2, -0.15) is 0 Å². The predicted molar refractivity (Wildman–Crippen MR) is 72.7 cm³/mol. The van der Waals surface area contributed by atoms with Crippen molar-refractivity contribution >= 4 is 5.78 Å². The normalized spacial score (nSPS) is 10.2. The Morgan fingerprint density at radius 1 is 1.00 bits per heavy atom. The maximum absolute atomic E-state index is 12.2. The zero-order valence-electron chi connectivity index (χ0n) is 10.2. The number of ketones is 1. The van der Waals surface area contributed by atoms with Crippen LogP contribution < -0.4 is 0 Å². The molecule has 2 aromatic rings. The molecule has 0 aliphatic carbocycles. The van der Waals surface area contributed by atoms with Gasteiger partial charge in [0.1, 0.15) is 0 Å². The van der Waals surface area contributed by atoms with E-state index in [1.54, 1.807) is 12.2 Å². The fourth-order valence-electron chi connectivity index (χ4n) is 1.84. The van der Waals surface area contributed by atoms with Crippen molar-refractivity contribution in [2.75, 3.05) is 0 Å². The highest BCUT2D eigenvalue weighted by Crippen LogP contribution is 2.11. The minimum absolute atomic E-state index is 0.0422. The Balaban J connectivity index is 2.18. The van der Waals surface area contributed by atoms with Gasteiger partial charge >= 0.3 is 0 Å². The van der Waals surface area contributed by atoms with Crippen LogP contribution in [0, 0.1) is 0 Å². The summed E-state index contributed by atoms with van der Waals surface area (Å²) in [5.74, 6) is 0.0422.